The van der Waals surface area contributed by atoms with Crippen LogP contribution in [-0.4, -0.2) is 20.8 Å². The molecular weight excluding hydrogens is 258 g/mol. The highest BCUT2D eigenvalue weighted by Gasteiger charge is 2.28. The van der Waals surface area contributed by atoms with E-state index < -0.39 is 11.0 Å². The molecule has 0 bridgehead atoms. The Labute approximate surface area is 117 Å². The Bertz CT molecular complexity index is 469. The van der Waals surface area contributed by atoms with Crippen LogP contribution in [0.2, 0.25) is 0 Å². The van der Waals surface area contributed by atoms with Gasteiger partial charge in [0.1, 0.15) is 11.0 Å². The van der Waals surface area contributed by atoms with Crippen LogP contribution in [0.3, 0.4) is 0 Å². The number of ether oxygens (including phenoxy) is 1. The quantitative estimate of drug-likeness (QED) is 0.848. The van der Waals surface area contributed by atoms with E-state index in [4.69, 9.17) is 4.74 Å². The molecule has 1 aliphatic rings. The molecule has 1 unspecified atom stereocenters. The average Bonchev–Trinajstić information content (AvgIpc) is 2.31. The number of nitrogens with zero attached hydrogens (tertiary/aromatic N) is 1. The van der Waals surface area contributed by atoms with E-state index in [2.05, 4.69) is 16.5 Å². The molecule has 104 valence electrons. The lowest BCUT2D eigenvalue weighted by Gasteiger charge is -2.28. The highest BCUT2D eigenvalue weighted by molar-refractivity contribution is 7.85. The topological polar surface area (TPSA) is 38.7 Å². The minimum atomic E-state index is -1.14. The van der Waals surface area contributed by atoms with Gasteiger partial charge < -0.3 is 4.74 Å². The first-order valence-corrected chi connectivity index (χ1v) is 7.70. The molecule has 1 aromatic carbocycles. The van der Waals surface area contributed by atoms with Gasteiger partial charge in [0.05, 0.1) is 17.5 Å². The molecule has 0 N–H and O–H groups in total. The van der Waals surface area contributed by atoms with E-state index in [9.17, 15) is 4.21 Å². The molecule has 0 heterocycles. The lowest BCUT2D eigenvalue weighted by atomic mass is 9.93. The largest absolute Gasteiger partial charge is 0.373 e. The van der Waals surface area contributed by atoms with Gasteiger partial charge in [0.15, 0.2) is 0 Å². The zero-order valence-corrected chi connectivity index (χ0v) is 12.6. The minimum Gasteiger partial charge on any atom is -0.373 e. The average molecular weight is 279 g/mol. The van der Waals surface area contributed by atoms with Gasteiger partial charge >= 0.3 is 0 Å². The van der Waals surface area contributed by atoms with Crippen molar-refractivity contribution in [1.29, 1.82) is 0 Å². The monoisotopic (exact) mass is 279 g/mol. The third-order valence-corrected chi connectivity index (χ3v) is 4.46. The molecule has 1 saturated carbocycles. The van der Waals surface area contributed by atoms with Gasteiger partial charge in [-0.3, -0.25) is 0 Å². The Morgan fingerprint density at radius 1 is 1.26 bits per heavy atom. The van der Waals surface area contributed by atoms with Crippen LogP contribution in [0, 0.1) is 0 Å². The first kappa shape index (κ1) is 14.4. The standard InChI is InChI=1S/C15H21NO2S/c1-15(2,3)19(17)16-13-9-14(10-13)18-11-12-7-5-4-6-8-12/h4-8,14H,9-11H2,1-3H3. The second-order valence-corrected chi connectivity index (χ2v) is 7.75. The molecule has 4 heteroatoms. The predicted molar refractivity (Wildman–Crippen MR) is 79.6 cm³/mol. The smallest absolute Gasteiger partial charge is 0.144 e. The van der Waals surface area contributed by atoms with Crippen LogP contribution in [0.1, 0.15) is 39.2 Å². The van der Waals surface area contributed by atoms with Crippen molar-refractivity contribution in [2.75, 3.05) is 0 Å². The van der Waals surface area contributed by atoms with Crippen molar-refractivity contribution in [2.45, 2.75) is 51.1 Å². The second-order valence-electron chi connectivity index (χ2n) is 5.85. The van der Waals surface area contributed by atoms with E-state index in [-0.39, 0.29) is 10.9 Å². The first-order valence-electron chi connectivity index (χ1n) is 6.59. The molecule has 1 aromatic rings. The summed E-state index contributed by atoms with van der Waals surface area (Å²) in [6.45, 7) is 6.46. The Balaban J connectivity index is 1.75. The van der Waals surface area contributed by atoms with Gasteiger partial charge in [0.25, 0.3) is 0 Å². The van der Waals surface area contributed by atoms with Crippen molar-refractivity contribution in [3.8, 4) is 0 Å². The van der Waals surface area contributed by atoms with Crippen LogP contribution in [0.15, 0.2) is 34.7 Å². The van der Waals surface area contributed by atoms with Gasteiger partial charge in [-0.1, -0.05) is 30.3 Å². The molecular formula is C15H21NO2S. The van der Waals surface area contributed by atoms with Gasteiger partial charge in [-0.05, 0) is 26.3 Å². The molecule has 2 rings (SSSR count). The fourth-order valence-corrected chi connectivity index (χ4v) is 2.36. The summed E-state index contributed by atoms with van der Waals surface area (Å²) in [5.41, 5.74) is 2.21. The molecule has 0 saturated heterocycles. The van der Waals surface area contributed by atoms with Crippen LogP contribution < -0.4 is 0 Å². The third kappa shape index (κ3) is 4.25. The molecule has 0 radical (unpaired) electrons. The summed E-state index contributed by atoms with van der Waals surface area (Å²) >= 11 is 0. The molecule has 19 heavy (non-hydrogen) atoms. The summed E-state index contributed by atoms with van der Waals surface area (Å²) in [4.78, 5) is 0. The Hall–Kier alpha value is -1.00. The molecule has 0 spiro atoms. The van der Waals surface area contributed by atoms with Crippen LogP contribution in [-0.2, 0) is 22.3 Å². The van der Waals surface area contributed by atoms with E-state index in [0.29, 0.717) is 6.61 Å². The van der Waals surface area contributed by atoms with Crippen molar-refractivity contribution in [2.24, 2.45) is 4.40 Å². The lowest BCUT2D eigenvalue weighted by Crippen LogP contribution is -2.33. The highest BCUT2D eigenvalue weighted by atomic mass is 32.2. The number of hydrogen-bond acceptors (Lipinski definition) is 2. The second kappa shape index (κ2) is 5.97. The van der Waals surface area contributed by atoms with E-state index in [1.165, 1.54) is 5.56 Å². The lowest BCUT2D eigenvalue weighted by molar-refractivity contribution is 0.0345. The Morgan fingerprint density at radius 3 is 2.47 bits per heavy atom. The first-order chi connectivity index (χ1) is 8.95. The fourth-order valence-electron chi connectivity index (χ4n) is 1.70. The highest BCUT2D eigenvalue weighted by Crippen LogP contribution is 2.24. The Kier molecular flexibility index (Phi) is 4.53. The van der Waals surface area contributed by atoms with Crippen LogP contribution in [0.5, 0.6) is 0 Å². The van der Waals surface area contributed by atoms with Crippen molar-refractivity contribution >= 4 is 16.7 Å². The van der Waals surface area contributed by atoms with Crippen LogP contribution in [0.4, 0.5) is 0 Å². The van der Waals surface area contributed by atoms with E-state index >= 15 is 0 Å². The van der Waals surface area contributed by atoms with Gasteiger partial charge in [0, 0.05) is 18.6 Å². The number of benzene rings is 1. The van der Waals surface area contributed by atoms with Crippen LogP contribution in [0.25, 0.3) is 0 Å². The van der Waals surface area contributed by atoms with E-state index in [1.807, 2.05) is 39.0 Å². The third-order valence-electron chi connectivity index (χ3n) is 2.99. The zero-order valence-electron chi connectivity index (χ0n) is 11.8. The van der Waals surface area contributed by atoms with Gasteiger partial charge in [-0.15, -0.1) is 0 Å². The molecule has 0 aromatic heterocycles. The van der Waals surface area contributed by atoms with Gasteiger partial charge in [-0.2, -0.15) is 4.40 Å². The minimum absolute atomic E-state index is 0.232. The molecule has 1 aliphatic carbocycles. The summed E-state index contributed by atoms with van der Waals surface area (Å²) in [6, 6.07) is 10.1. The van der Waals surface area contributed by atoms with Crippen molar-refractivity contribution < 1.29 is 8.95 Å². The SMILES string of the molecule is CC(C)(C)S(=O)N=C1CC(OCc2ccccc2)C1. The molecule has 0 aliphatic heterocycles. The Morgan fingerprint density at radius 2 is 1.89 bits per heavy atom. The van der Waals surface area contributed by atoms with E-state index in [1.54, 1.807) is 0 Å². The maximum Gasteiger partial charge on any atom is 0.144 e. The summed E-state index contributed by atoms with van der Waals surface area (Å²) in [6.07, 6.45) is 1.86. The number of rotatable bonds is 4. The molecule has 1 atom stereocenters. The summed E-state index contributed by atoms with van der Waals surface area (Å²) in [5, 5.41) is 0. The number of hydrogen-bond donors (Lipinski definition) is 0. The van der Waals surface area contributed by atoms with Crippen molar-refractivity contribution in [3.63, 3.8) is 0 Å². The summed E-state index contributed by atoms with van der Waals surface area (Å²) in [7, 11) is -1.14. The normalized spacial score (nSPS) is 20.8. The van der Waals surface area contributed by atoms with Gasteiger partial charge in [0.2, 0.25) is 0 Å². The van der Waals surface area contributed by atoms with E-state index in [0.717, 1.165) is 18.6 Å². The summed E-state index contributed by atoms with van der Waals surface area (Å²) < 4.78 is 21.6. The molecule has 1 fully saturated rings. The summed E-state index contributed by atoms with van der Waals surface area (Å²) in [5.74, 6) is 0. The maximum absolute atomic E-state index is 11.8. The van der Waals surface area contributed by atoms with Crippen molar-refractivity contribution in [1.82, 2.24) is 0 Å². The van der Waals surface area contributed by atoms with Gasteiger partial charge in [-0.25, -0.2) is 4.21 Å². The van der Waals surface area contributed by atoms with Crippen molar-refractivity contribution in [3.05, 3.63) is 35.9 Å². The zero-order chi connectivity index (χ0) is 13.9. The predicted octanol–water partition coefficient (Wildman–Crippen LogP) is 3.27. The van der Waals surface area contributed by atoms with Crippen LogP contribution >= 0.6 is 0 Å². The molecule has 3 nitrogen and oxygen atoms in total. The fraction of sp³-hybridized carbons (Fsp3) is 0.533. The maximum atomic E-state index is 11.8. The molecule has 0 amide bonds.